The molecule has 1 amide bonds. The van der Waals surface area contributed by atoms with Crippen LogP contribution in [0.1, 0.15) is 40.9 Å². The van der Waals surface area contributed by atoms with Crippen LogP contribution < -0.4 is 10.0 Å². The van der Waals surface area contributed by atoms with Crippen molar-refractivity contribution in [2.75, 3.05) is 6.54 Å². The van der Waals surface area contributed by atoms with E-state index in [0.29, 0.717) is 6.54 Å². The molecule has 128 valence electrons. The van der Waals surface area contributed by atoms with E-state index in [-0.39, 0.29) is 27.6 Å². The van der Waals surface area contributed by atoms with Crippen LogP contribution in [0.5, 0.6) is 0 Å². The van der Waals surface area contributed by atoms with Gasteiger partial charge in [-0.2, -0.15) is 0 Å². The fourth-order valence-corrected chi connectivity index (χ4v) is 5.03. The molecule has 0 unspecified atom stereocenters. The van der Waals surface area contributed by atoms with Crippen LogP contribution in [0.4, 0.5) is 0 Å². The second kappa shape index (κ2) is 7.04. The minimum absolute atomic E-state index is 0.0175. The molecule has 1 aromatic heterocycles. The van der Waals surface area contributed by atoms with Crippen LogP contribution >= 0.6 is 11.3 Å². The molecule has 24 heavy (non-hydrogen) atoms. The number of benzene rings is 1. The van der Waals surface area contributed by atoms with Crippen molar-refractivity contribution in [2.45, 2.75) is 36.6 Å². The van der Waals surface area contributed by atoms with E-state index in [2.05, 4.69) is 10.0 Å². The zero-order valence-corrected chi connectivity index (χ0v) is 15.0. The molecule has 0 aliphatic heterocycles. The van der Waals surface area contributed by atoms with E-state index < -0.39 is 10.0 Å². The van der Waals surface area contributed by atoms with Crippen molar-refractivity contribution in [3.8, 4) is 0 Å². The van der Waals surface area contributed by atoms with Crippen LogP contribution in [0, 0.1) is 0 Å². The van der Waals surface area contributed by atoms with Crippen LogP contribution in [0.3, 0.4) is 0 Å². The van der Waals surface area contributed by atoms with Crippen molar-refractivity contribution >= 4 is 27.3 Å². The summed E-state index contributed by atoms with van der Waals surface area (Å²) in [5.74, 6) is -0.191. The van der Waals surface area contributed by atoms with E-state index in [1.54, 1.807) is 5.38 Å². The summed E-state index contributed by atoms with van der Waals surface area (Å²) in [4.78, 5) is 12.7. The quantitative estimate of drug-likeness (QED) is 0.793. The molecule has 3 rings (SSSR count). The third kappa shape index (κ3) is 4.03. The number of rotatable bonds is 7. The lowest BCUT2D eigenvalue weighted by Crippen LogP contribution is -2.30. The van der Waals surface area contributed by atoms with E-state index in [9.17, 15) is 13.2 Å². The molecule has 1 saturated carbocycles. The normalized spacial score (nSPS) is 15.9. The molecule has 2 aromatic rings. The summed E-state index contributed by atoms with van der Waals surface area (Å²) in [7, 11) is -3.62. The highest BCUT2D eigenvalue weighted by molar-refractivity contribution is 7.89. The van der Waals surface area contributed by atoms with Gasteiger partial charge in [-0.1, -0.05) is 37.3 Å². The Morgan fingerprint density at radius 3 is 2.62 bits per heavy atom. The Morgan fingerprint density at radius 1 is 1.25 bits per heavy atom. The van der Waals surface area contributed by atoms with Gasteiger partial charge in [0.2, 0.25) is 10.0 Å². The number of nitrogens with one attached hydrogen (secondary N) is 2. The van der Waals surface area contributed by atoms with Gasteiger partial charge < -0.3 is 5.32 Å². The maximum Gasteiger partial charge on any atom is 0.262 e. The van der Waals surface area contributed by atoms with Gasteiger partial charge in [0.25, 0.3) is 5.91 Å². The third-order valence-corrected chi connectivity index (χ3v) is 6.57. The highest BCUT2D eigenvalue weighted by Gasteiger charge is 2.31. The van der Waals surface area contributed by atoms with E-state index in [0.717, 1.165) is 29.7 Å². The number of amides is 1. The average molecular weight is 364 g/mol. The number of hydrogen-bond donors (Lipinski definition) is 2. The van der Waals surface area contributed by atoms with Gasteiger partial charge in [0, 0.05) is 12.6 Å². The first kappa shape index (κ1) is 17.1. The molecular weight excluding hydrogens is 344 g/mol. The molecule has 1 aliphatic carbocycles. The van der Waals surface area contributed by atoms with Gasteiger partial charge in [-0.15, -0.1) is 11.3 Å². The highest BCUT2D eigenvalue weighted by atomic mass is 32.2. The number of carbonyl (C=O) groups is 1. The molecule has 0 radical (unpaired) electrons. The van der Waals surface area contributed by atoms with E-state index in [4.69, 9.17) is 0 Å². The monoisotopic (exact) mass is 364 g/mol. The second-order valence-corrected chi connectivity index (χ2v) is 8.63. The highest BCUT2D eigenvalue weighted by Crippen LogP contribution is 2.26. The van der Waals surface area contributed by atoms with E-state index in [1.165, 1.54) is 6.07 Å². The molecule has 0 bridgehead atoms. The van der Waals surface area contributed by atoms with E-state index >= 15 is 0 Å². The smallest absolute Gasteiger partial charge is 0.262 e. The van der Waals surface area contributed by atoms with Crippen LogP contribution in [0.2, 0.25) is 0 Å². The lowest BCUT2D eigenvalue weighted by Gasteiger charge is -2.13. The minimum atomic E-state index is -3.62. The van der Waals surface area contributed by atoms with Gasteiger partial charge in [0.05, 0.1) is 0 Å². The molecule has 2 N–H and O–H groups in total. The first-order valence-electron chi connectivity index (χ1n) is 7.90. The minimum Gasteiger partial charge on any atom is -0.351 e. The van der Waals surface area contributed by atoms with Gasteiger partial charge in [-0.25, -0.2) is 13.1 Å². The summed E-state index contributed by atoms with van der Waals surface area (Å²) < 4.78 is 27.3. The first-order valence-corrected chi connectivity index (χ1v) is 10.3. The van der Waals surface area contributed by atoms with Crippen molar-refractivity contribution in [2.24, 2.45) is 0 Å². The molecule has 1 fully saturated rings. The molecule has 1 heterocycles. The van der Waals surface area contributed by atoms with Crippen LogP contribution in [-0.4, -0.2) is 26.9 Å². The van der Waals surface area contributed by atoms with E-state index in [1.807, 2.05) is 37.3 Å². The number of sulfonamides is 1. The molecular formula is C17H20N2O3S2. The fraction of sp³-hybridized carbons (Fsp3) is 0.353. The molecule has 0 saturated heterocycles. The summed E-state index contributed by atoms with van der Waals surface area (Å²) >= 11 is 1.15. The Morgan fingerprint density at radius 2 is 1.96 bits per heavy atom. The average Bonchev–Trinajstić information content (AvgIpc) is 3.22. The predicted molar refractivity (Wildman–Crippen MR) is 94.9 cm³/mol. The predicted octanol–water partition coefficient (Wildman–Crippen LogP) is 2.72. The number of carbonyl (C=O) groups excluding carboxylic acids is 1. The molecule has 1 aliphatic rings. The fourth-order valence-electron chi connectivity index (χ4n) is 2.38. The van der Waals surface area contributed by atoms with Crippen LogP contribution in [0.15, 0.2) is 46.7 Å². The Labute approximate surface area is 146 Å². The van der Waals surface area contributed by atoms with Gasteiger partial charge >= 0.3 is 0 Å². The first-order chi connectivity index (χ1) is 11.5. The number of hydrogen-bond acceptors (Lipinski definition) is 4. The summed E-state index contributed by atoms with van der Waals surface area (Å²) in [6.07, 6.45) is 1.72. The Kier molecular flexibility index (Phi) is 5.03. The molecule has 7 heteroatoms. The SMILES string of the molecule is C[C@H](CNC(=O)c1sccc1S(=O)(=O)NC1CC1)c1ccccc1. The van der Waals surface area contributed by atoms with Gasteiger partial charge in [0.1, 0.15) is 9.77 Å². The standard InChI is InChI=1S/C17H20N2O3S2/c1-12(13-5-3-2-4-6-13)11-18-17(20)16-15(9-10-23-16)24(21,22)19-14-7-8-14/h2-6,9-10,12,14,19H,7-8,11H2,1H3,(H,18,20)/t12-/m1/s1. The van der Waals surface area contributed by atoms with Crippen molar-refractivity contribution in [1.29, 1.82) is 0 Å². The lowest BCUT2D eigenvalue weighted by atomic mass is 10.0. The molecule has 5 nitrogen and oxygen atoms in total. The molecule has 1 aromatic carbocycles. The van der Waals surface area contributed by atoms with Crippen molar-refractivity contribution < 1.29 is 13.2 Å². The second-order valence-electron chi connectivity index (χ2n) is 6.03. The lowest BCUT2D eigenvalue weighted by molar-refractivity contribution is 0.0952. The Hall–Kier alpha value is -1.70. The van der Waals surface area contributed by atoms with Crippen molar-refractivity contribution in [3.05, 3.63) is 52.2 Å². The van der Waals surface area contributed by atoms with Gasteiger partial charge in [-0.3, -0.25) is 4.79 Å². The van der Waals surface area contributed by atoms with Gasteiger partial charge in [0.15, 0.2) is 0 Å². The largest absolute Gasteiger partial charge is 0.351 e. The number of thiophene rings is 1. The summed E-state index contributed by atoms with van der Waals surface area (Å²) in [6, 6.07) is 11.4. The molecule has 1 atom stereocenters. The summed E-state index contributed by atoms with van der Waals surface area (Å²) in [5.41, 5.74) is 1.13. The van der Waals surface area contributed by atoms with Crippen LogP contribution in [-0.2, 0) is 10.0 Å². The Bertz CT molecular complexity index is 811. The van der Waals surface area contributed by atoms with Crippen LogP contribution in [0.25, 0.3) is 0 Å². The van der Waals surface area contributed by atoms with Gasteiger partial charge in [-0.05, 0) is 35.8 Å². The third-order valence-electron chi connectivity index (χ3n) is 3.96. The van der Waals surface area contributed by atoms with Crippen molar-refractivity contribution in [1.82, 2.24) is 10.0 Å². The Balaban J connectivity index is 1.67. The molecule has 0 spiro atoms. The summed E-state index contributed by atoms with van der Waals surface area (Å²) in [6.45, 7) is 2.48. The summed E-state index contributed by atoms with van der Waals surface area (Å²) in [5, 5.41) is 4.48. The zero-order valence-electron chi connectivity index (χ0n) is 13.4. The topological polar surface area (TPSA) is 75.3 Å². The zero-order chi connectivity index (χ0) is 17.2. The maximum absolute atomic E-state index is 12.4. The van der Waals surface area contributed by atoms with Crippen molar-refractivity contribution in [3.63, 3.8) is 0 Å². The maximum atomic E-state index is 12.4.